The minimum Gasteiger partial charge on any atom is -0.480 e. The summed E-state index contributed by atoms with van der Waals surface area (Å²) in [7, 11) is 0. The SMILES string of the molecule is CCC(C)c1ccc(C(C)(N)C(=O)O)cc1.Cl. The third-order valence-corrected chi connectivity index (χ3v) is 3.14. The van der Waals surface area contributed by atoms with Gasteiger partial charge in [0.1, 0.15) is 5.54 Å². The predicted molar refractivity (Wildman–Crippen MR) is 71.6 cm³/mol. The third kappa shape index (κ3) is 3.45. The predicted octanol–water partition coefficient (Wildman–Crippen LogP) is 2.88. The van der Waals surface area contributed by atoms with Crippen LogP contribution in [-0.2, 0) is 10.3 Å². The van der Waals surface area contributed by atoms with Crippen LogP contribution in [0.1, 0.15) is 44.2 Å². The molecule has 2 unspecified atom stereocenters. The van der Waals surface area contributed by atoms with Gasteiger partial charge in [-0.2, -0.15) is 0 Å². The second-order valence-corrected chi connectivity index (χ2v) is 4.44. The summed E-state index contributed by atoms with van der Waals surface area (Å²) in [6.45, 7) is 5.78. The highest BCUT2D eigenvalue weighted by Crippen LogP contribution is 2.23. The largest absolute Gasteiger partial charge is 0.480 e. The molecule has 3 N–H and O–H groups in total. The molecule has 1 aromatic rings. The van der Waals surface area contributed by atoms with Crippen LogP contribution in [0.25, 0.3) is 0 Å². The van der Waals surface area contributed by atoms with Gasteiger partial charge in [0.15, 0.2) is 0 Å². The number of rotatable bonds is 4. The van der Waals surface area contributed by atoms with Crippen LogP contribution in [0.2, 0.25) is 0 Å². The topological polar surface area (TPSA) is 63.3 Å². The molecular formula is C13H20ClNO2. The fourth-order valence-electron chi connectivity index (χ4n) is 1.52. The number of carboxylic acids is 1. The second-order valence-electron chi connectivity index (χ2n) is 4.44. The van der Waals surface area contributed by atoms with E-state index in [1.165, 1.54) is 12.5 Å². The molecule has 96 valence electrons. The number of carbonyl (C=O) groups is 1. The molecule has 0 fully saturated rings. The zero-order valence-corrected chi connectivity index (χ0v) is 11.3. The molecule has 1 aromatic carbocycles. The van der Waals surface area contributed by atoms with Crippen molar-refractivity contribution in [2.45, 2.75) is 38.6 Å². The summed E-state index contributed by atoms with van der Waals surface area (Å²) in [4.78, 5) is 11.0. The minimum atomic E-state index is -1.31. The highest BCUT2D eigenvalue weighted by atomic mass is 35.5. The van der Waals surface area contributed by atoms with Crippen molar-refractivity contribution in [2.75, 3.05) is 0 Å². The van der Waals surface area contributed by atoms with Gasteiger partial charge in [0.25, 0.3) is 0 Å². The maximum atomic E-state index is 11.0. The fourth-order valence-corrected chi connectivity index (χ4v) is 1.52. The van der Waals surface area contributed by atoms with Crippen molar-refractivity contribution in [2.24, 2.45) is 5.73 Å². The molecule has 0 aliphatic rings. The molecule has 0 amide bonds. The van der Waals surface area contributed by atoms with E-state index in [9.17, 15) is 4.79 Å². The molecule has 0 aliphatic heterocycles. The van der Waals surface area contributed by atoms with Gasteiger partial charge < -0.3 is 10.8 Å². The lowest BCUT2D eigenvalue weighted by atomic mass is 9.90. The molecule has 3 nitrogen and oxygen atoms in total. The minimum absolute atomic E-state index is 0. The maximum Gasteiger partial charge on any atom is 0.328 e. The van der Waals surface area contributed by atoms with Crippen molar-refractivity contribution in [1.29, 1.82) is 0 Å². The summed E-state index contributed by atoms with van der Waals surface area (Å²) < 4.78 is 0. The molecule has 0 spiro atoms. The lowest BCUT2D eigenvalue weighted by molar-refractivity contribution is -0.143. The van der Waals surface area contributed by atoms with Crippen LogP contribution in [-0.4, -0.2) is 11.1 Å². The Morgan fingerprint density at radius 3 is 2.24 bits per heavy atom. The van der Waals surface area contributed by atoms with Crippen LogP contribution < -0.4 is 5.73 Å². The maximum absolute atomic E-state index is 11.0. The van der Waals surface area contributed by atoms with Crippen LogP contribution in [0.4, 0.5) is 0 Å². The van der Waals surface area contributed by atoms with Crippen molar-refractivity contribution in [3.63, 3.8) is 0 Å². The normalized spacial score (nSPS) is 15.5. The van der Waals surface area contributed by atoms with E-state index in [1.54, 1.807) is 12.1 Å². The van der Waals surface area contributed by atoms with Gasteiger partial charge in [-0.25, -0.2) is 4.79 Å². The van der Waals surface area contributed by atoms with Crippen molar-refractivity contribution in [3.05, 3.63) is 35.4 Å². The van der Waals surface area contributed by atoms with Gasteiger partial charge in [-0.1, -0.05) is 38.1 Å². The molecule has 17 heavy (non-hydrogen) atoms. The summed E-state index contributed by atoms with van der Waals surface area (Å²) in [6.07, 6.45) is 1.07. The van der Waals surface area contributed by atoms with E-state index in [4.69, 9.17) is 10.8 Å². The molecule has 0 saturated carbocycles. The molecule has 0 bridgehead atoms. The van der Waals surface area contributed by atoms with Gasteiger partial charge in [0, 0.05) is 0 Å². The lowest BCUT2D eigenvalue weighted by Crippen LogP contribution is -2.41. The summed E-state index contributed by atoms with van der Waals surface area (Å²) in [5.41, 5.74) is 6.28. The first-order valence-electron chi connectivity index (χ1n) is 5.52. The van der Waals surface area contributed by atoms with Crippen LogP contribution in [0, 0.1) is 0 Å². The Bertz CT molecular complexity index is 374. The van der Waals surface area contributed by atoms with E-state index in [2.05, 4.69) is 13.8 Å². The van der Waals surface area contributed by atoms with E-state index >= 15 is 0 Å². The summed E-state index contributed by atoms with van der Waals surface area (Å²) in [5, 5.41) is 8.99. The molecular weight excluding hydrogens is 238 g/mol. The molecule has 0 aromatic heterocycles. The number of benzene rings is 1. The van der Waals surface area contributed by atoms with Crippen molar-refractivity contribution < 1.29 is 9.90 Å². The molecule has 1 rings (SSSR count). The first-order chi connectivity index (χ1) is 7.39. The number of aliphatic carboxylic acids is 1. The Balaban J connectivity index is 0.00000256. The van der Waals surface area contributed by atoms with Gasteiger partial charge in [-0.05, 0) is 30.4 Å². The van der Waals surface area contributed by atoms with E-state index in [0.717, 1.165) is 6.42 Å². The zero-order chi connectivity index (χ0) is 12.3. The summed E-state index contributed by atoms with van der Waals surface area (Å²) in [6, 6.07) is 7.51. The average Bonchev–Trinajstić information content (AvgIpc) is 2.28. The van der Waals surface area contributed by atoms with Crippen molar-refractivity contribution in [3.8, 4) is 0 Å². The van der Waals surface area contributed by atoms with Crippen molar-refractivity contribution >= 4 is 18.4 Å². The number of hydrogen-bond donors (Lipinski definition) is 2. The molecule has 0 saturated heterocycles. The molecule has 0 aliphatic carbocycles. The van der Waals surface area contributed by atoms with Crippen LogP contribution in [0.15, 0.2) is 24.3 Å². The number of nitrogens with two attached hydrogens (primary N) is 1. The van der Waals surface area contributed by atoms with Gasteiger partial charge in [-0.15, -0.1) is 12.4 Å². The van der Waals surface area contributed by atoms with Crippen LogP contribution in [0.5, 0.6) is 0 Å². The standard InChI is InChI=1S/C13H19NO2.ClH/c1-4-9(2)10-5-7-11(8-6-10)13(3,14)12(15)16;/h5-9H,4,14H2,1-3H3,(H,15,16);1H. The quantitative estimate of drug-likeness (QED) is 0.872. The smallest absolute Gasteiger partial charge is 0.328 e. The first-order valence-corrected chi connectivity index (χ1v) is 5.52. The monoisotopic (exact) mass is 257 g/mol. The molecule has 0 heterocycles. The van der Waals surface area contributed by atoms with E-state index in [1.807, 2.05) is 12.1 Å². The Hall–Kier alpha value is -1.06. The first kappa shape index (κ1) is 15.9. The summed E-state index contributed by atoms with van der Waals surface area (Å²) >= 11 is 0. The molecule has 2 atom stereocenters. The second kappa shape index (κ2) is 6.03. The Morgan fingerprint density at radius 2 is 1.88 bits per heavy atom. The molecule has 4 heteroatoms. The number of halogens is 1. The van der Waals surface area contributed by atoms with Gasteiger partial charge in [0.2, 0.25) is 0 Å². The Labute approximate surface area is 108 Å². The highest BCUT2D eigenvalue weighted by molar-refractivity contribution is 5.85. The molecule has 0 radical (unpaired) electrons. The van der Waals surface area contributed by atoms with Gasteiger partial charge in [0.05, 0.1) is 0 Å². The van der Waals surface area contributed by atoms with Crippen molar-refractivity contribution in [1.82, 2.24) is 0 Å². The third-order valence-electron chi connectivity index (χ3n) is 3.14. The fraction of sp³-hybridized carbons (Fsp3) is 0.462. The van der Waals surface area contributed by atoms with E-state index in [0.29, 0.717) is 11.5 Å². The average molecular weight is 258 g/mol. The Kier molecular flexibility index (Phi) is 5.66. The zero-order valence-electron chi connectivity index (χ0n) is 10.4. The van der Waals surface area contributed by atoms with Crippen LogP contribution >= 0.6 is 12.4 Å². The highest BCUT2D eigenvalue weighted by Gasteiger charge is 2.29. The number of hydrogen-bond acceptors (Lipinski definition) is 2. The lowest BCUT2D eigenvalue weighted by Gasteiger charge is -2.20. The van der Waals surface area contributed by atoms with Gasteiger partial charge in [-0.3, -0.25) is 0 Å². The van der Waals surface area contributed by atoms with Gasteiger partial charge >= 0.3 is 5.97 Å². The number of carboxylic acid groups (broad SMARTS) is 1. The van der Waals surface area contributed by atoms with E-state index in [-0.39, 0.29) is 12.4 Å². The Morgan fingerprint density at radius 1 is 1.41 bits per heavy atom. The summed E-state index contributed by atoms with van der Waals surface area (Å²) in [5.74, 6) is -0.522. The van der Waals surface area contributed by atoms with E-state index < -0.39 is 11.5 Å². The van der Waals surface area contributed by atoms with Crippen LogP contribution in [0.3, 0.4) is 0 Å².